The summed E-state index contributed by atoms with van der Waals surface area (Å²) < 4.78 is 0. The third kappa shape index (κ3) is 1.39. The summed E-state index contributed by atoms with van der Waals surface area (Å²) in [5.41, 5.74) is 5.22. The highest BCUT2D eigenvalue weighted by atomic mass is 14.4. The summed E-state index contributed by atoms with van der Waals surface area (Å²) in [6.45, 7) is 6.95. The van der Waals surface area contributed by atoms with Crippen LogP contribution in [-0.2, 0) is 12.8 Å². The summed E-state index contributed by atoms with van der Waals surface area (Å²) in [7, 11) is 0. The van der Waals surface area contributed by atoms with Crippen molar-refractivity contribution in [1.82, 2.24) is 0 Å². The van der Waals surface area contributed by atoms with Crippen LogP contribution in [0.2, 0.25) is 0 Å². The first-order valence-electron chi connectivity index (χ1n) is 5.22. The fraction of sp³-hybridized carbons (Fsp3) is 0.538. The molecule has 1 aliphatic carbocycles. The molecule has 0 nitrogen and oxygen atoms in total. The van der Waals surface area contributed by atoms with Crippen molar-refractivity contribution in [2.45, 2.75) is 40.0 Å². The van der Waals surface area contributed by atoms with Gasteiger partial charge in [0.25, 0.3) is 0 Å². The van der Waals surface area contributed by atoms with Crippen LogP contribution < -0.4 is 0 Å². The minimum absolute atomic E-state index is 0.536. The average Bonchev–Trinajstić information content (AvgIpc) is 2.45. The molecule has 0 radical (unpaired) electrons. The second-order valence-electron chi connectivity index (χ2n) is 4.73. The van der Waals surface area contributed by atoms with Crippen molar-refractivity contribution in [3.05, 3.63) is 34.9 Å². The van der Waals surface area contributed by atoms with E-state index in [1.54, 1.807) is 11.1 Å². The Morgan fingerprint density at radius 2 is 2.08 bits per heavy atom. The summed E-state index contributed by atoms with van der Waals surface area (Å²) in [4.78, 5) is 0. The first-order valence-corrected chi connectivity index (χ1v) is 5.22. The van der Waals surface area contributed by atoms with Gasteiger partial charge in [-0.25, -0.2) is 0 Å². The fourth-order valence-corrected chi connectivity index (χ4v) is 2.38. The molecule has 0 bridgehead atoms. The zero-order valence-electron chi connectivity index (χ0n) is 8.85. The maximum absolute atomic E-state index is 2.41. The Morgan fingerprint density at radius 1 is 1.31 bits per heavy atom. The summed E-state index contributed by atoms with van der Waals surface area (Å²) in [6.07, 6.45) is 3.85. The monoisotopic (exact) mass is 174 g/mol. The van der Waals surface area contributed by atoms with E-state index >= 15 is 0 Å². The van der Waals surface area contributed by atoms with Crippen LogP contribution in [0.5, 0.6) is 0 Å². The van der Waals surface area contributed by atoms with Crippen LogP contribution in [0.15, 0.2) is 18.2 Å². The minimum Gasteiger partial charge on any atom is -0.0648 e. The van der Waals surface area contributed by atoms with Gasteiger partial charge in [0, 0.05) is 0 Å². The Labute approximate surface area is 81.0 Å². The third-order valence-electron chi connectivity index (χ3n) is 3.58. The fourth-order valence-electron chi connectivity index (χ4n) is 2.38. The van der Waals surface area contributed by atoms with Gasteiger partial charge in [0.05, 0.1) is 0 Å². The lowest BCUT2D eigenvalue weighted by Gasteiger charge is -2.20. The van der Waals surface area contributed by atoms with Crippen LogP contribution in [0.25, 0.3) is 0 Å². The summed E-state index contributed by atoms with van der Waals surface area (Å²) >= 11 is 0. The van der Waals surface area contributed by atoms with Crippen molar-refractivity contribution < 1.29 is 0 Å². The van der Waals surface area contributed by atoms with Crippen LogP contribution in [0.4, 0.5) is 0 Å². The molecule has 2 rings (SSSR count). The van der Waals surface area contributed by atoms with Crippen molar-refractivity contribution in [2.75, 3.05) is 0 Å². The second kappa shape index (κ2) is 2.87. The Kier molecular flexibility index (Phi) is 1.94. The predicted octanol–water partition coefficient (Wildman–Crippen LogP) is 3.51. The van der Waals surface area contributed by atoms with Crippen molar-refractivity contribution >= 4 is 0 Å². The minimum atomic E-state index is 0.536. The van der Waals surface area contributed by atoms with Crippen LogP contribution in [0.1, 0.15) is 37.0 Å². The van der Waals surface area contributed by atoms with Gasteiger partial charge in [-0.3, -0.25) is 0 Å². The van der Waals surface area contributed by atoms with Gasteiger partial charge in [0.15, 0.2) is 0 Å². The van der Waals surface area contributed by atoms with Crippen LogP contribution in [0.3, 0.4) is 0 Å². The van der Waals surface area contributed by atoms with Gasteiger partial charge >= 0.3 is 0 Å². The highest BCUT2D eigenvalue weighted by molar-refractivity contribution is 5.39. The maximum atomic E-state index is 2.41. The van der Waals surface area contributed by atoms with Crippen LogP contribution >= 0.6 is 0 Å². The molecule has 0 N–H and O–H groups in total. The quantitative estimate of drug-likeness (QED) is 0.611. The summed E-state index contributed by atoms with van der Waals surface area (Å²) in [5.74, 6) is 0. The second-order valence-corrected chi connectivity index (χ2v) is 4.73. The van der Waals surface area contributed by atoms with E-state index < -0.39 is 0 Å². The molecule has 13 heavy (non-hydrogen) atoms. The van der Waals surface area contributed by atoms with E-state index in [0.717, 1.165) is 0 Å². The van der Waals surface area contributed by atoms with Gasteiger partial charge in [-0.1, -0.05) is 38.5 Å². The molecular formula is C13H18. The predicted molar refractivity (Wildman–Crippen MR) is 57.0 cm³/mol. The molecule has 1 aliphatic rings. The van der Waals surface area contributed by atoms with Crippen molar-refractivity contribution in [3.63, 3.8) is 0 Å². The summed E-state index contributed by atoms with van der Waals surface area (Å²) in [6, 6.07) is 6.72. The molecule has 0 fully saturated rings. The van der Waals surface area contributed by atoms with E-state index in [1.165, 1.54) is 24.8 Å². The third-order valence-corrected chi connectivity index (χ3v) is 3.58. The molecule has 1 unspecified atom stereocenters. The molecule has 0 spiro atoms. The highest BCUT2D eigenvalue weighted by Gasteiger charge is 2.31. The number of hydrogen-bond acceptors (Lipinski definition) is 0. The first-order chi connectivity index (χ1) is 6.14. The van der Waals surface area contributed by atoms with Gasteiger partial charge in [-0.2, -0.15) is 0 Å². The molecule has 0 aromatic heterocycles. The van der Waals surface area contributed by atoms with Crippen LogP contribution in [-0.4, -0.2) is 0 Å². The normalized spacial score (nSPS) is 26.1. The number of aryl methyl sites for hydroxylation is 1. The standard InChI is InChI=1S/C13H18/c1-4-13(3)8-11-7-5-6-10(2)12(11)9-13/h5-7H,4,8-9H2,1-3H3. The molecule has 0 aliphatic heterocycles. The Balaban J connectivity index is 2.40. The van der Waals surface area contributed by atoms with Crippen molar-refractivity contribution in [1.29, 1.82) is 0 Å². The van der Waals surface area contributed by atoms with E-state index in [-0.39, 0.29) is 0 Å². The SMILES string of the molecule is CCC1(C)Cc2cccc(C)c2C1. The Bertz CT molecular complexity index is 325. The van der Waals surface area contributed by atoms with Gasteiger partial charge in [0.2, 0.25) is 0 Å². The molecule has 0 heteroatoms. The number of fused-ring (bicyclic) bond motifs is 1. The lowest BCUT2D eigenvalue weighted by Crippen LogP contribution is -2.14. The van der Waals surface area contributed by atoms with Gasteiger partial charge in [-0.05, 0) is 41.9 Å². The zero-order valence-corrected chi connectivity index (χ0v) is 8.85. The van der Waals surface area contributed by atoms with E-state index in [1.807, 2.05) is 0 Å². The van der Waals surface area contributed by atoms with Gasteiger partial charge < -0.3 is 0 Å². The van der Waals surface area contributed by atoms with Crippen molar-refractivity contribution in [3.8, 4) is 0 Å². The maximum Gasteiger partial charge on any atom is -0.0216 e. The molecule has 1 aromatic carbocycles. The molecule has 0 amide bonds. The molecule has 70 valence electrons. The topological polar surface area (TPSA) is 0 Å². The molecule has 0 heterocycles. The average molecular weight is 174 g/mol. The lowest BCUT2D eigenvalue weighted by atomic mass is 9.84. The lowest BCUT2D eigenvalue weighted by molar-refractivity contribution is 0.332. The zero-order chi connectivity index (χ0) is 9.47. The van der Waals surface area contributed by atoms with Gasteiger partial charge in [-0.15, -0.1) is 0 Å². The molecule has 0 saturated carbocycles. The first kappa shape index (κ1) is 8.80. The van der Waals surface area contributed by atoms with E-state index in [2.05, 4.69) is 39.0 Å². The van der Waals surface area contributed by atoms with Gasteiger partial charge in [0.1, 0.15) is 0 Å². The van der Waals surface area contributed by atoms with E-state index in [9.17, 15) is 0 Å². The molecule has 0 saturated heterocycles. The largest absolute Gasteiger partial charge is 0.0648 e. The van der Waals surface area contributed by atoms with E-state index in [4.69, 9.17) is 0 Å². The van der Waals surface area contributed by atoms with Crippen LogP contribution in [0, 0.1) is 12.3 Å². The Hall–Kier alpha value is -0.780. The smallest absolute Gasteiger partial charge is 0.0216 e. The molecule has 1 aromatic rings. The molecular weight excluding hydrogens is 156 g/mol. The Morgan fingerprint density at radius 3 is 2.69 bits per heavy atom. The highest BCUT2D eigenvalue weighted by Crippen LogP contribution is 2.40. The number of rotatable bonds is 1. The number of benzene rings is 1. The van der Waals surface area contributed by atoms with Crippen molar-refractivity contribution in [2.24, 2.45) is 5.41 Å². The van der Waals surface area contributed by atoms with E-state index in [0.29, 0.717) is 5.41 Å². The number of hydrogen-bond donors (Lipinski definition) is 0. The molecule has 1 atom stereocenters. The summed E-state index contributed by atoms with van der Waals surface area (Å²) in [5, 5.41) is 0.